The topological polar surface area (TPSA) is 41.6 Å². The van der Waals surface area contributed by atoms with Crippen LogP contribution in [0, 0.1) is 0 Å². The summed E-state index contributed by atoms with van der Waals surface area (Å²) in [6.07, 6.45) is 8.41. The van der Waals surface area contributed by atoms with Gasteiger partial charge in [0.2, 0.25) is 0 Å². The highest BCUT2D eigenvalue weighted by Crippen LogP contribution is 2.21. The molecule has 0 aromatic rings. The highest BCUT2D eigenvalue weighted by Gasteiger charge is 2.32. The summed E-state index contributed by atoms with van der Waals surface area (Å²) < 4.78 is 4.94. The second-order valence-electron chi connectivity index (χ2n) is 6.40. The summed E-state index contributed by atoms with van der Waals surface area (Å²) in [5, 5.41) is 3.28. The summed E-state index contributed by atoms with van der Waals surface area (Å²) in [4.78, 5) is 14.6. The van der Waals surface area contributed by atoms with Crippen molar-refractivity contribution in [3.63, 3.8) is 0 Å². The molecule has 0 saturated carbocycles. The number of methoxy groups -OCH3 is 1. The molecule has 2 unspecified atom stereocenters. The third kappa shape index (κ3) is 5.59. The van der Waals surface area contributed by atoms with Gasteiger partial charge in [-0.25, -0.2) is 0 Å². The van der Waals surface area contributed by atoms with Gasteiger partial charge >= 0.3 is 5.97 Å². The van der Waals surface area contributed by atoms with Crippen molar-refractivity contribution in [1.29, 1.82) is 0 Å². The zero-order chi connectivity index (χ0) is 15.7. The molecule has 0 amide bonds. The normalized spacial score (nSPS) is 22.8. The Hall–Kier alpha value is -0.610. The zero-order valence-corrected chi connectivity index (χ0v) is 14.4. The van der Waals surface area contributed by atoms with Gasteiger partial charge in [-0.3, -0.25) is 4.79 Å². The van der Waals surface area contributed by atoms with Gasteiger partial charge in [0, 0.05) is 6.04 Å². The second kappa shape index (κ2) is 9.42. The van der Waals surface area contributed by atoms with Crippen LogP contribution in [0.3, 0.4) is 0 Å². The second-order valence-corrected chi connectivity index (χ2v) is 6.40. The Kier molecular flexibility index (Phi) is 8.27. The Bertz CT molecular complexity index is 309. The standard InChI is InChI=1S/C17H34N2O2/c1-5-15-11-7-9-13-19(15)14-10-8-12-17(3,18-6-2)16(20)21-4/h15,18H,5-14H2,1-4H3. The van der Waals surface area contributed by atoms with Crippen LogP contribution in [0.15, 0.2) is 0 Å². The van der Waals surface area contributed by atoms with E-state index in [2.05, 4.69) is 17.1 Å². The number of nitrogens with zero attached hydrogens (tertiary/aromatic N) is 1. The molecule has 124 valence electrons. The number of carbonyl (C=O) groups is 1. The molecule has 0 aromatic carbocycles. The van der Waals surface area contributed by atoms with Gasteiger partial charge in [0.15, 0.2) is 0 Å². The zero-order valence-electron chi connectivity index (χ0n) is 14.4. The van der Waals surface area contributed by atoms with Gasteiger partial charge in [-0.1, -0.05) is 20.3 Å². The molecule has 0 aliphatic carbocycles. The molecule has 4 heteroatoms. The number of likely N-dealkylation sites (N-methyl/N-ethyl adjacent to an activating group) is 1. The Morgan fingerprint density at radius 1 is 1.33 bits per heavy atom. The van der Waals surface area contributed by atoms with Crippen LogP contribution in [0.4, 0.5) is 0 Å². The van der Waals surface area contributed by atoms with Crippen LogP contribution >= 0.6 is 0 Å². The Balaban J connectivity index is 2.35. The van der Waals surface area contributed by atoms with Crippen molar-refractivity contribution in [2.75, 3.05) is 26.7 Å². The summed E-state index contributed by atoms with van der Waals surface area (Å²) >= 11 is 0. The van der Waals surface area contributed by atoms with E-state index in [-0.39, 0.29) is 5.97 Å². The van der Waals surface area contributed by atoms with Gasteiger partial charge in [0.25, 0.3) is 0 Å². The van der Waals surface area contributed by atoms with Crippen molar-refractivity contribution in [3.05, 3.63) is 0 Å². The molecule has 1 rings (SSSR count). The lowest BCUT2D eigenvalue weighted by Crippen LogP contribution is -2.50. The third-order valence-electron chi connectivity index (χ3n) is 4.80. The van der Waals surface area contributed by atoms with Gasteiger partial charge < -0.3 is 15.0 Å². The maximum Gasteiger partial charge on any atom is 0.325 e. The van der Waals surface area contributed by atoms with Gasteiger partial charge in [-0.2, -0.15) is 0 Å². The molecule has 1 heterocycles. The molecular weight excluding hydrogens is 264 g/mol. The number of nitrogens with one attached hydrogen (secondary N) is 1. The lowest BCUT2D eigenvalue weighted by atomic mass is 9.94. The Morgan fingerprint density at radius 3 is 2.71 bits per heavy atom. The first-order chi connectivity index (χ1) is 10.1. The first-order valence-corrected chi connectivity index (χ1v) is 8.64. The molecular formula is C17H34N2O2. The lowest BCUT2D eigenvalue weighted by Gasteiger charge is -2.35. The average Bonchev–Trinajstić information content (AvgIpc) is 2.51. The predicted molar refractivity (Wildman–Crippen MR) is 87.5 cm³/mol. The molecule has 0 bridgehead atoms. The molecule has 4 nitrogen and oxygen atoms in total. The number of piperidine rings is 1. The van der Waals surface area contributed by atoms with Crippen molar-refractivity contribution in [3.8, 4) is 0 Å². The van der Waals surface area contributed by atoms with Crippen LogP contribution in [-0.2, 0) is 9.53 Å². The number of unbranched alkanes of at least 4 members (excludes halogenated alkanes) is 1. The van der Waals surface area contributed by atoms with Gasteiger partial charge in [-0.15, -0.1) is 0 Å². The maximum atomic E-state index is 11.9. The van der Waals surface area contributed by atoms with Crippen LogP contribution in [0.5, 0.6) is 0 Å². The molecule has 0 radical (unpaired) electrons. The fourth-order valence-electron chi connectivity index (χ4n) is 3.49. The molecule has 2 atom stereocenters. The SMILES string of the molecule is CCNC(C)(CCCCN1CCCCC1CC)C(=O)OC. The molecule has 1 fully saturated rings. The summed E-state index contributed by atoms with van der Waals surface area (Å²) in [5.41, 5.74) is -0.532. The highest BCUT2D eigenvalue weighted by atomic mass is 16.5. The highest BCUT2D eigenvalue weighted by molar-refractivity contribution is 5.80. The minimum Gasteiger partial charge on any atom is -0.468 e. The summed E-state index contributed by atoms with van der Waals surface area (Å²) in [7, 11) is 1.47. The molecule has 0 spiro atoms. The number of rotatable bonds is 9. The van der Waals surface area contributed by atoms with E-state index in [1.165, 1.54) is 45.9 Å². The van der Waals surface area contributed by atoms with E-state index >= 15 is 0 Å². The average molecular weight is 298 g/mol. The van der Waals surface area contributed by atoms with Crippen LogP contribution in [0.2, 0.25) is 0 Å². The summed E-state index contributed by atoms with van der Waals surface area (Å²) in [6, 6.07) is 0.777. The number of esters is 1. The van der Waals surface area contributed by atoms with Crippen molar-refractivity contribution in [1.82, 2.24) is 10.2 Å². The van der Waals surface area contributed by atoms with E-state index in [9.17, 15) is 4.79 Å². The van der Waals surface area contributed by atoms with Crippen LogP contribution < -0.4 is 5.32 Å². The molecule has 21 heavy (non-hydrogen) atoms. The van der Waals surface area contributed by atoms with E-state index in [0.717, 1.165) is 31.8 Å². The Labute approximate surface area is 130 Å². The summed E-state index contributed by atoms with van der Waals surface area (Å²) in [6.45, 7) is 9.48. The van der Waals surface area contributed by atoms with Crippen molar-refractivity contribution in [2.45, 2.75) is 77.3 Å². The molecule has 1 saturated heterocycles. The van der Waals surface area contributed by atoms with Crippen LogP contribution in [0.1, 0.15) is 65.7 Å². The van der Waals surface area contributed by atoms with Crippen molar-refractivity contribution >= 4 is 5.97 Å². The van der Waals surface area contributed by atoms with Crippen LogP contribution in [-0.4, -0.2) is 49.2 Å². The van der Waals surface area contributed by atoms with E-state index < -0.39 is 5.54 Å². The van der Waals surface area contributed by atoms with E-state index in [4.69, 9.17) is 4.74 Å². The predicted octanol–water partition coefficient (Wildman–Crippen LogP) is 2.96. The van der Waals surface area contributed by atoms with Gasteiger partial charge in [0.05, 0.1) is 7.11 Å². The lowest BCUT2D eigenvalue weighted by molar-refractivity contribution is -0.148. The monoisotopic (exact) mass is 298 g/mol. The number of carbonyl (C=O) groups excluding carboxylic acids is 1. The first-order valence-electron chi connectivity index (χ1n) is 8.64. The molecule has 1 aliphatic heterocycles. The smallest absolute Gasteiger partial charge is 0.325 e. The number of hydrogen-bond acceptors (Lipinski definition) is 4. The van der Waals surface area contributed by atoms with Gasteiger partial charge in [0.1, 0.15) is 5.54 Å². The quantitative estimate of drug-likeness (QED) is 0.525. The minimum atomic E-state index is -0.532. The van der Waals surface area contributed by atoms with Crippen molar-refractivity contribution < 1.29 is 9.53 Å². The summed E-state index contributed by atoms with van der Waals surface area (Å²) in [5.74, 6) is -0.145. The fourth-order valence-corrected chi connectivity index (χ4v) is 3.49. The molecule has 0 aromatic heterocycles. The maximum absolute atomic E-state index is 11.9. The number of ether oxygens (including phenoxy) is 1. The molecule has 1 aliphatic rings. The number of likely N-dealkylation sites (tertiary alicyclic amines) is 1. The fraction of sp³-hybridized carbons (Fsp3) is 0.941. The van der Waals surface area contributed by atoms with Gasteiger partial charge in [-0.05, 0) is 65.1 Å². The van der Waals surface area contributed by atoms with E-state index in [0.29, 0.717) is 0 Å². The Morgan fingerprint density at radius 2 is 2.10 bits per heavy atom. The van der Waals surface area contributed by atoms with E-state index in [1.54, 1.807) is 0 Å². The minimum absolute atomic E-state index is 0.145. The van der Waals surface area contributed by atoms with Crippen LogP contribution in [0.25, 0.3) is 0 Å². The molecule has 1 N–H and O–H groups in total. The number of hydrogen-bond donors (Lipinski definition) is 1. The van der Waals surface area contributed by atoms with E-state index in [1.807, 2.05) is 13.8 Å². The third-order valence-corrected chi connectivity index (χ3v) is 4.80. The largest absolute Gasteiger partial charge is 0.468 e. The first kappa shape index (κ1) is 18.4. The van der Waals surface area contributed by atoms with Crippen molar-refractivity contribution in [2.24, 2.45) is 0 Å².